The third-order valence-electron chi connectivity index (χ3n) is 2.43. The average molecular weight is 253 g/mol. The summed E-state index contributed by atoms with van der Waals surface area (Å²) >= 11 is 0. The van der Waals surface area contributed by atoms with Gasteiger partial charge in [0.15, 0.2) is 6.29 Å². The summed E-state index contributed by atoms with van der Waals surface area (Å²) in [5.41, 5.74) is 0.940. The molecule has 0 saturated heterocycles. The number of benzene rings is 1. The van der Waals surface area contributed by atoms with Gasteiger partial charge in [0.2, 0.25) is 0 Å². The van der Waals surface area contributed by atoms with Crippen LogP contribution in [0.2, 0.25) is 0 Å². The summed E-state index contributed by atoms with van der Waals surface area (Å²) in [6.45, 7) is 2.02. The summed E-state index contributed by atoms with van der Waals surface area (Å²) in [6, 6.07) is 9.19. The summed E-state index contributed by atoms with van der Waals surface area (Å²) < 4.78 is 15.1. The molecule has 0 saturated carbocycles. The van der Waals surface area contributed by atoms with Crippen LogP contribution in [0.25, 0.3) is 0 Å². The first-order valence-corrected chi connectivity index (χ1v) is 5.70. The highest BCUT2D eigenvalue weighted by Crippen LogP contribution is 2.02. The summed E-state index contributed by atoms with van der Waals surface area (Å²) in [7, 11) is 3.03. The topological polar surface area (TPSA) is 56.8 Å². The molecule has 1 unspecified atom stereocenters. The van der Waals surface area contributed by atoms with Gasteiger partial charge in [0.05, 0.1) is 6.04 Å². The summed E-state index contributed by atoms with van der Waals surface area (Å²) in [6.07, 6.45) is -0.986. The van der Waals surface area contributed by atoms with Crippen LogP contribution in [0.5, 0.6) is 0 Å². The van der Waals surface area contributed by atoms with E-state index in [1.54, 1.807) is 6.92 Å². The molecule has 0 spiro atoms. The maximum absolute atomic E-state index is 11.5. The van der Waals surface area contributed by atoms with Crippen LogP contribution < -0.4 is 5.32 Å². The van der Waals surface area contributed by atoms with Crippen LogP contribution >= 0.6 is 0 Å². The van der Waals surface area contributed by atoms with Crippen molar-refractivity contribution < 1.29 is 19.0 Å². The van der Waals surface area contributed by atoms with Crippen molar-refractivity contribution in [3.05, 3.63) is 35.9 Å². The molecule has 1 N–H and O–H groups in total. The zero-order valence-electron chi connectivity index (χ0n) is 10.9. The number of methoxy groups -OCH3 is 2. The molecule has 1 aromatic carbocycles. The lowest BCUT2D eigenvalue weighted by atomic mass is 10.2. The highest BCUT2D eigenvalue weighted by atomic mass is 16.7. The second kappa shape index (κ2) is 7.68. The Hall–Kier alpha value is -1.59. The van der Waals surface area contributed by atoms with Crippen LogP contribution in [0.1, 0.15) is 12.5 Å². The average Bonchev–Trinajstić information content (AvgIpc) is 2.39. The highest BCUT2D eigenvalue weighted by Gasteiger charge is 2.18. The van der Waals surface area contributed by atoms with Gasteiger partial charge >= 0.3 is 6.09 Å². The van der Waals surface area contributed by atoms with Crippen molar-refractivity contribution in [3.63, 3.8) is 0 Å². The highest BCUT2D eigenvalue weighted by molar-refractivity contribution is 5.67. The first-order chi connectivity index (χ1) is 8.67. The SMILES string of the molecule is COC(OC)C(C)NC(=O)OCc1ccccc1. The lowest BCUT2D eigenvalue weighted by Crippen LogP contribution is -2.43. The van der Waals surface area contributed by atoms with Crippen LogP contribution in [0.4, 0.5) is 4.79 Å². The minimum absolute atomic E-state index is 0.240. The van der Waals surface area contributed by atoms with Gasteiger partial charge in [0, 0.05) is 14.2 Å². The maximum atomic E-state index is 11.5. The third kappa shape index (κ3) is 4.73. The lowest BCUT2D eigenvalue weighted by molar-refractivity contribution is -0.118. The molecule has 5 heteroatoms. The minimum Gasteiger partial charge on any atom is -0.445 e. The number of carbonyl (C=O) groups is 1. The second-order valence-corrected chi connectivity index (χ2v) is 3.83. The first-order valence-electron chi connectivity index (χ1n) is 5.70. The molecule has 0 bridgehead atoms. The van der Waals surface area contributed by atoms with Gasteiger partial charge in [-0.05, 0) is 12.5 Å². The van der Waals surface area contributed by atoms with Crippen molar-refractivity contribution in [1.29, 1.82) is 0 Å². The number of rotatable bonds is 6. The predicted octanol–water partition coefficient (Wildman–Crippen LogP) is 1.92. The van der Waals surface area contributed by atoms with Gasteiger partial charge in [-0.15, -0.1) is 0 Å². The molecule has 0 aliphatic heterocycles. The standard InChI is InChI=1S/C13H19NO4/c1-10(12(16-2)17-3)14-13(15)18-9-11-7-5-4-6-8-11/h4-8,10,12H,9H2,1-3H3,(H,14,15). The Bertz CT molecular complexity index is 351. The van der Waals surface area contributed by atoms with E-state index < -0.39 is 12.4 Å². The summed E-state index contributed by atoms with van der Waals surface area (Å²) in [5.74, 6) is 0. The molecule has 1 amide bonds. The smallest absolute Gasteiger partial charge is 0.407 e. The van der Waals surface area contributed by atoms with Crippen molar-refractivity contribution in [3.8, 4) is 0 Å². The van der Waals surface area contributed by atoms with E-state index in [1.807, 2.05) is 30.3 Å². The summed E-state index contributed by atoms with van der Waals surface area (Å²) in [4.78, 5) is 11.5. The molecule has 100 valence electrons. The van der Waals surface area contributed by atoms with Crippen molar-refractivity contribution in [2.45, 2.75) is 25.9 Å². The van der Waals surface area contributed by atoms with Gasteiger partial charge in [0.1, 0.15) is 6.61 Å². The largest absolute Gasteiger partial charge is 0.445 e. The molecule has 0 fully saturated rings. The summed E-state index contributed by atoms with van der Waals surface area (Å²) in [5, 5.41) is 2.64. The van der Waals surface area contributed by atoms with E-state index >= 15 is 0 Å². The molecule has 1 rings (SSSR count). The van der Waals surface area contributed by atoms with Gasteiger partial charge in [-0.1, -0.05) is 30.3 Å². The van der Waals surface area contributed by atoms with E-state index in [1.165, 1.54) is 14.2 Å². The zero-order chi connectivity index (χ0) is 13.4. The van der Waals surface area contributed by atoms with Gasteiger partial charge in [-0.2, -0.15) is 0 Å². The van der Waals surface area contributed by atoms with Crippen molar-refractivity contribution in [1.82, 2.24) is 5.32 Å². The minimum atomic E-state index is -0.495. The van der Waals surface area contributed by atoms with Crippen LogP contribution in [-0.4, -0.2) is 32.6 Å². The van der Waals surface area contributed by atoms with Gasteiger partial charge in [0.25, 0.3) is 0 Å². The quantitative estimate of drug-likeness (QED) is 0.787. The number of ether oxygens (including phenoxy) is 3. The van der Waals surface area contributed by atoms with Gasteiger partial charge in [-0.3, -0.25) is 0 Å². The fraction of sp³-hybridized carbons (Fsp3) is 0.462. The Morgan fingerprint density at radius 3 is 2.39 bits per heavy atom. The number of hydrogen-bond acceptors (Lipinski definition) is 4. The molecule has 0 aliphatic rings. The van der Waals surface area contributed by atoms with E-state index in [4.69, 9.17) is 14.2 Å². The molecule has 18 heavy (non-hydrogen) atoms. The predicted molar refractivity (Wildman–Crippen MR) is 67.0 cm³/mol. The van der Waals surface area contributed by atoms with E-state index in [0.29, 0.717) is 0 Å². The van der Waals surface area contributed by atoms with Crippen molar-refractivity contribution in [2.24, 2.45) is 0 Å². The Balaban J connectivity index is 2.33. The van der Waals surface area contributed by atoms with Crippen LogP contribution in [0.3, 0.4) is 0 Å². The Kier molecular flexibility index (Phi) is 6.18. The van der Waals surface area contributed by atoms with Crippen molar-refractivity contribution >= 4 is 6.09 Å². The Labute approximate surface area is 107 Å². The molecule has 5 nitrogen and oxygen atoms in total. The fourth-order valence-electron chi connectivity index (χ4n) is 1.52. The van der Waals surface area contributed by atoms with Crippen LogP contribution in [0, 0.1) is 0 Å². The van der Waals surface area contributed by atoms with Gasteiger partial charge in [-0.25, -0.2) is 4.79 Å². The molecule has 1 atom stereocenters. The van der Waals surface area contributed by atoms with Crippen molar-refractivity contribution in [2.75, 3.05) is 14.2 Å². The zero-order valence-corrected chi connectivity index (χ0v) is 10.9. The molecular weight excluding hydrogens is 234 g/mol. The van der Waals surface area contributed by atoms with E-state index in [0.717, 1.165) is 5.56 Å². The molecule has 1 aromatic rings. The maximum Gasteiger partial charge on any atom is 0.407 e. The molecule has 0 heterocycles. The molecular formula is C13H19NO4. The normalized spacial score (nSPS) is 12.2. The number of nitrogens with one attached hydrogen (secondary N) is 1. The van der Waals surface area contributed by atoms with Crippen LogP contribution in [0.15, 0.2) is 30.3 Å². The van der Waals surface area contributed by atoms with Crippen LogP contribution in [-0.2, 0) is 20.8 Å². The van der Waals surface area contributed by atoms with E-state index in [-0.39, 0.29) is 12.6 Å². The Morgan fingerprint density at radius 1 is 1.22 bits per heavy atom. The second-order valence-electron chi connectivity index (χ2n) is 3.83. The third-order valence-corrected chi connectivity index (χ3v) is 2.43. The lowest BCUT2D eigenvalue weighted by Gasteiger charge is -2.21. The number of hydrogen-bond donors (Lipinski definition) is 1. The number of alkyl carbamates (subject to hydrolysis) is 1. The molecule has 0 aliphatic carbocycles. The molecule has 0 radical (unpaired) electrons. The number of carbonyl (C=O) groups excluding carboxylic acids is 1. The fourth-order valence-corrected chi connectivity index (χ4v) is 1.52. The monoisotopic (exact) mass is 253 g/mol. The van der Waals surface area contributed by atoms with E-state index in [9.17, 15) is 4.79 Å². The number of amides is 1. The molecule has 0 aromatic heterocycles. The van der Waals surface area contributed by atoms with E-state index in [2.05, 4.69) is 5.32 Å². The first kappa shape index (κ1) is 14.5. The van der Waals surface area contributed by atoms with Gasteiger partial charge < -0.3 is 19.5 Å². The Morgan fingerprint density at radius 2 is 1.83 bits per heavy atom.